The lowest BCUT2D eigenvalue weighted by atomic mass is 10.1. The number of aromatic nitrogens is 2. The highest BCUT2D eigenvalue weighted by Crippen LogP contribution is 2.20. The van der Waals surface area contributed by atoms with Gasteiger partial charge in [0, 0.05) is 18.9 Å². The molecule has 1 aromatic heterocycles. The third-order valence-electron chi connectivity index (χ3n) is 2.29. The van der Waals surface area contributed by atoms with Gasteiger partial charge in [-0.1, -0.05) is 0 Å². The Labute approximate surface area is 88.3 Å². The molecule has 0 bridgehead atoms. The lowest BCUT2D eigenvalue weighted by Crippen LogP contribution is -2.03. The number of imidazole rings is 1. The number of benzene rings is 1. The summed E-state index contributed by atoms with van der Waals surface area (Å²) in [5.74, 6) is 0.819. The highest BCUT2D eigenvalue weighted by atomic mass is 16.5. The number of hydrogen-bond acceptors (Lipinski definition) is 3. The second kappa shape index (κ2) is 4.14. The van der Waals surface area contributed by atoms with Gasteiger partial charge in [0.15, 0.2) is 0 Å². The molecule has 2 aromatic rings. The minimum Gasteiger partial charge on any atom is -0.497 e. The zero-order chi connectivity index (χ0) is 10.7. The maximum atomic E-state index is 5.69. The second-order valence-corrected chi connectivity index (χ2v) is 3.17. The predicted octanol–water partition coefficient (Wildman–Crippen LogP) is 1.34. The summed E-state index contributed by atoms with van der Waals surface area (Å²) >= 11 is 0. The van der Waals surface area contributed by atoms with Gasteiger partial charge in [-0.25, -0.2) is 4.98 Å². The Morgan fingerprint density at radius 2 is 2.33 bits per heavy atom. The molecule has 0 saturated carbocycles. The van der Waals surface area contributed by atoms with Gasteiger partial charge in [0.25, 0.3) is 0 Å². The molecule has 0 atom stereocenters. The molecule has 78 valence electrons. The molecule has 2 N–H and O–H groups in total. The number of hydrogen-bond donors (Lipinski definition) is 1. The molecule has 2 rings (SSSR count). The van der Waals surface area contributed by atoms with Crippen molar-refractivity contribution in [3.05, 3.63) is 42.5 Å². The van der Waals surface area contributed by atoms with Crippen molar-refractivity contribution in [2.24, 2.45) is 5.73 Å². The first-order chi connectivity index (χ1) is 7.35. The highest BCUT2D eigenvalue weighted by molar-refractivity contribution is 5.45. The molecule has 0 fully saturated rings. The maximum Gasteiger partial charge on any atom is 0.119 e. The minimum absolute atomic E-state index is 0.477. The van der Waals surface area contributed by atoms with E-state index in [9.17, 15) is 0 Å². The topological polar surface area (TPSA) is 53.1 Å². The number of rotatable bonds is 3. The van der Waals surface area contributed by atoms with Crippen LogP contribution in [-0.2, 0) is 6.54 Å². The standard InChI is InChI=1S/C11H13N3O/c1-15-10-2-3-11(9(6-10)7-12)14-5-4-13-8-14/h2-6,8H,7,12H2,1H3. The van der Waals surface area contributed by atoms with Crippen molar-refractivity contribution < 1.29 is 4.74 Å². The number of methoxy groups -OCH3 is 1. The Morgan fingerprint density at radius 1 is 1.47 bits per heavy atom. The van der Waals surface area contributed by atoms with Gasteiger partial charge < -0.3 is 15.0 Å². The van der Waals surface area contributed by atoms with Crippen LogP contribution in [0.3, 0.4) is 0 Å². The van der Waals surface area contributed by atoms with Crippen LogP contribution >= 0.6 is 0 Å². The second-order valence-electron chi connectivity index (χ2n) is 3.17. The summed E-state index contributed by atoms with van der Waals surface area (Å²) < 4.78 is 7.08. The van der Waals surface area contributed by atoms with Crippen LogP contribution in [0.25, 0.3) is 5.69 Å². The monoisotopic (exact) mass is 203 g/mol. The fourth-order valence-electron chi connectivity index (χ4n) is 1.51. The molecular formula is C11H13N3O. The van der Waals surface area contributed by atoms with E-state index in [2.05, 4.69) is 4.98 Å². The van der Waals surface area contributed by atoms with Gasteiger partial charge >= 0.3 is 0 Å². The molecule has 0 aliphatic carbocycles. The first kappa shape index (κ1) is 9.73. The largest absolute Gasteiger partial charge is 0.497 e. The summed E-state index contributed by atoms with van der Waals surface area (Å²) in [6.07, 6.45) is 5.38. The SMILES string of the molecule is COc1ccc(-n2ccnc2)c(CN)c1. The molecule has 0 aliphatic rings. The molecule has 15 heavy (non-hydrogen) atoms. The van der Waals surface area contributed by atoms with E-state index in [0.717, 1.165) is 17.0 Å². The van der Waals surface area contributed by atoms with Crippen LogP contribution < -0.4 is 10.5 Å². The molecule has 0 unspecified atom stereocenters. The molecular weight excluding hydrogens is 190 g/mol. The van der Waals surface area contributed by atoms with Crippen molar-refractivity contribution in [2.75, 3.05) is 7.11 Å². The quantitative estimate of drug-likeness (QED) is 0.819. The summed E-state index contributed by atoms with van der Waals surface area (Å²) in [7, 11) is 1.65. The van der Waals surface area contributed by atoms with Crippen LogP contribution in [0.1, 0.15) is 5.56 Å². The summed E-state index contributed by atoms with van der Waals surface area (Å²) in [6.45, 7) is 0.477. The van der Waals surface area contributed by atoms with Gasteiger partial charge in [-0.2, -0.15) is 0 Å². The van der Waals surface area contributed by atoms with Gasteiger partial charge in [0.2, 0.25) is 0 Å². The summed E-state index contributed by atoms with van der Waals surface area (Å²) in [5, 5.41) is 0. The minimum atomic E-state index is 0.477. The van der Waals surface area contributed by atoms with Gasteiger partial charge in [-0.05, 0) is 23.8 Å². The Balaban J connectivity index is 2.48. The molecule has 4 nitrogen and oxygen atoms in total. The smallest absolute Gasteiger partial charge is 0.119 e. The number of nitrogens with zero attached hydrogens (tertiary/aromatic N) is 2. The van der Waals surface area contributed by atoms with Crippen molar-refractivity contribution in [2.45, 2.75) is 6.54 Å². The molecule has 1 heterocycles. The molecule has 0 saturated heterocycles. The Bertz CT molecular complexity index is 437. The first-order valence-corrected chi connectivity index (χ1v) is 4.70. The van der Waals surface area contributed by atoms with Crippen molar-refractivity contribution >= 4 is 0 Å². The Kier molecular flexibility index (Phi) is 2.69. The summed E-state index contributed by atoms with van der Waals surface area (Å²) in [5.41, 5.74) is 7.76. The van der Waals surface area contributed by atoms with E-state index in [0.29, 0.717) is 6.54 Å². The predicted molar refractivity (Wildman–Crippen MR) is 58.0 cm³/mol. The average Bonchev–Trinajstić information content (AvgIpc) is 2.81. The van der Waals surface area contributed by atoms with Crippen molar-refractivity contribution in [1.82, 2.24) is 9.55 Å². The van der Waals surface area contributed by atoms with Crippen LogP contribution in [0.2, 0.25) is 0 Å². The third-order valence-corrected chi connectivity index (χ3v) is 2.29. The van der Waals surface area contributed by atoms with Crippen molar-refractivity contribution in [3.8, 4) is 11.4 Å². The zero-order valence-electron chi connectivity index (χ0n) is 8.55. The van der Waals surface area contributed by atoms with Crippen LogP contribution in [0.5, 0.6) is 5.75 Å². The highest BCUT2D eigenvalue weighted by Gasteiger charge is 2.04. The van der Waals surface area contributed by atoms with E-state index in [-0.39, 0.29) is 0 Å². The fraction of sp³-hybridized carbons (Fsp3) is 0.182. The van der Waals surface area contributed by atoms with E-state index in [4.69, 9.17) is 10.5 Å². The number of ether oxygens (including phenoxy) is 1. The fourth-order valence-corrected chi connectivity index (χ4v) is 1.51. The summed E-state index contributed by atoms with van der Waals surface area (Å²) in [4.78, 5) is 4.01. The lowest BCUT2D eigenvalue weighted by Gasteiger charge is -2.10. The normalized spacial score (nSPS) is 10.3. The Hall–Kier alpha value is -1.81. The first-order valence-electron chi connectivity index (χ1n) is 4.70. The average molecular weight is 203 g/mol. The molecule has 1 aromatic carbocycles. The van der Waals surface area contributed by atoms with Crippen molar-refractivity contribution in [3.63, 3.8) is 0 Å². The van der Waals surface area contributed by atoms with E-state index in [1.165, 1.54) is 0 Å². The van der Waals surface area contributed by atoms with Gasteiger partial charge in [-0.15, -0.1) is 0 Å². The van der Waals surface area contributed by atoms with E-state index in [1.54, 1.807) is 19.6 Å². The van der Waals surface area contributed by atoms with Crippen LogP contribution in [0, 0.1) is 0 Å². The van der Waals surface area contributed by atoms with E-state index in [1.807, 2.05) is 29.0 Å². The van der Waals surface area contributed by atoms with Crippen LogP contribution in [-0.4, -0.2) is 16.7 Å². The van der Waals surface area contributed by atoms with Crippen LogP contribution in [0.4, 0.5) is 0 Å². The number of nitrogens with two attached hydrogens (primary N) is 1. The zero-order valence-corrected chi connectivity index (χ0v) is 8.55. The van der Waals surface area contributed by atoms with Crippen LogP contribution in [0.15, 0.2) is 36.9 Å². The molecule has 0 radical (unpaired) electrons. The van der Waals surface area contributed by atoms with Gasteiger partial charge in [0.05, 0.1) is 19.1 Å². The summed E-state index contributed by atoms with van der Waals surface area (Å²) in [6, 6.07) is 5.83. The third kappa shape index (κ3) is 1.85. The van der Waals surface area contributed by atoms with E-state index >= 15 is 0 Å². The molecule has 4 heteroatoms. The van der Waals surface area contributed by atoms with Gasteiger partial charge in [-0.3, -0.25) is 0 Å². The van der Waals surface area contributed by atoms with Gasteiger partial charge in [0.1, 0.15) is 5.75 Å². The Morgan fingerprint density at radius 3 is 2.93 bits per heavy atom. The van der Waals surface area contributed by atoms with Crippen molar-refractivity contribution in [1.29, 1.82) is 0 Å². The molecule has 0 aliphatic heterocycles. The molecule has 0 amide bonds. The van der Waals surface area contributed by atoms with E-state index < -0.39 is 0 Å². The molecule has 0 spiro atoms. The maximum absolute atomic E-state index is 5.69. The lowest BCUT2D eigenvalue weighted by molar-refractivity contribution is 0.414.